The second-order valence-corrected chi connectivity index (χ2v) is 8.13. The molecular weight excluding hydrogens is 422 g/mol. The Hall–Kier alpha value is -3.07. The van der Waals surface area contributed by atoms with Gasteiger partial charge in [0.15, 0.2) is 12.2 Å². The molecule has 0 spiro atoms. The lowest BCUT2D eigenvalue weighted by Gasteiger charge is -2.40. The predicted molar refractivity (Wildman–Crippen MR) is 115 cm³/mol. The van der Waals surface area contributed by atoms with Gasteiger partial charge in [-0.1, -0.05) is 17.7 Å². The van der Waals surface area contributed by atoms with Crippen LogP contribution in [-0.2, 0) is 14.3 Å². The summed E-state index contributed by atoms with van der Waals surface area (Å²) in [5.74, 6) is -0.553. The summed E-state index contributed by atoms with van der Waals surface area (Å²) in [6.07, 6.45) is -0.695. The summed E-state index contributed by atoms with van der Waals surface area (Å²) >= 11 is 6.35. The monoisotopic (exact) mass is 445 g/mol. The zero-order valence-electron chi connectivity index (χ0n) is 18.0. The highest BCUT2D eigenvalue weighted by Gasteiger charge is 2.56. The van der Waals surface area contributed by atoms with Crippen LogP contribution < -0.4 is 4.90 Å². The Kier molecular flexibility index (Phi) is 5.17. The van der Waals surface area contributed by atoms with Gasteiger partial charge >= 0.3 is 12.0 Å². The summed E-state index contributed by atoms with van der Waals surface area (Å²) in [7, 11) is 1.58. The number of guanidine groups is 1. The highest BCUT2D eigenvalue weighted by Crippen LogP contribution is 2.40. The van der Waals surface area contributed by atoms with E-state index in [1.807, 2.05) is 48.8 Å². The molecule has 2 unspecified atom stereocenters. The van der Waals surface area contributed by atoms with Crippen LogP contribution in [0.25, 0.3) is 0 Å². The maximum Gasteiger partial charge on any atom is 0.328 e. The van der Waals surface area contributed by atoms with E-state index in [0.29, 0.717) is 11.0 Å². The van der Waals surface area contributed by atoms with Crippen LogP contribution in [0.1, 0.15) is 26.3 Å². The van der Waals surface area contributed by atoms with Crippen molar-refractivity contribution in [3.05, 3.63) is 40.2 Å². The molecule has 10 heteroatoms. The van der Waals surface area contributed by atoms with Crippen molar-refractivity contribution in [1.29, 1.82) is 0 Å². The minimum Gasteiger partial charge on any atom is -0.465 e. The van der Waals surface area contributed by atoms with Gasteiger partial charge in [-0.05, 0) is 45.4 Å². The first-order valence-corrected chi connectivity index (χ1v) is 10.4. The van der Waals surface area contributed by atoms with Crippen molar-refractivity contribution in [2.75, 3.05) is 25.1 Å². The Bertz CT molecular complexity index is 1050. The average Bonchev–Trinajstić information content (AvgIpc) is 3.22. The van der Waals surface area contributed by atoms with E-state index in [0.717, 1.165) is 27.5 Å². The first-order valence-electron chi connectivity index (χ1n) is 10.0. The summed E-state index contributed by atoms with van der Waals surface area (Å²) in [4.78, 5) is 49.0. The average molecular weight is 446 g/mol. The summed E-state index contributed by atoms with van der Waals surface area (Å²) < 4.78 is 4.93. The number of imide groups is 1. The number of esters is 1. The number of urea groups is 1. The number of allylic oxidation sites excluding steroid dienone is 2. The van der Waals surface area contributed by atoms with Gasteiger partial charge in [0.1, 0.15) is 6.54 Å². The molecule has 0 N–H and O–H groups in total. The molecule has 4 rings (SSSR count). The van der Waals surface area contributed by atoms with Gasteiger partial charge in [0.05, 0.1) is 12.3 Å². The molecule has 0 radical (unpaired) electrons. The van der Waals surface area contributed by atoms with Crippen LogP contribution in [0.15, 0.2) is 34.6 Å². The second-order valence-electron chi connectivity index (χ2n) is 7.72. The molecule has 0 bridgehead atoms. The van der Waals surface area contributed by atoms with Crippen LogP contribution in [0.4, 0.5) is 10.5 Å². The number of hydrogen-bond acceptors (Lipinski definition) is 7. The van der Waals surface area contributed by atoms with Crippen LogP contribution in [0.5, 0.6) is 0 Å². The number of amides is 3. The molecule has 0 saturated carbocycles. The fourth-order valence-electron chi connectivity index (χ4n) is 4.12. The van der Waals surface area contributed by atoms with Gasteiger partial charge in [0.2, 0.25) is 5.96 Å². The molecule has 31 heavy (non-hydrogen) atoms. The Morgan fingerprint density at radius 1 is 1.19 bits per heavy atom. The lowest BCUT2D eigenvalue weighted by molar-refractivity contribution is -0.150. The lowest BCUT2D eigenvalue weighted by atomic mass is 10.1. The summed E-state index contributed by atoms with van der Waals surface area (Å²) in [5.41, 5.74) is 3.52. The van der Waals surface area contributed by atoms with Gasteiger partial charge in [0, 0.05) is 23.5 Å². The number of ether oxygens (including phenoxy) is 1. The minimum atomic E-state index is -0.756. The zero-order chi connectivity index (χ0) is 22.6. The third kappa shape index (κ3) is 3.15. The molecule has 1 aromatic carbocycles. The number of hydrogen-bond donors (Lipinski definition) is 0. The summed E-state index contributed by atoms with van der Waals surface area (Å²) in [6.45, 7) is 7.19. The predicted octanol–water partition coefficient (Wildman–Crippen LogP) is 2.54. The third-order valence-electron chi connectivity index (χ3n) is 5.90. The molecule has 0 aliphatic carbocycles. The number of rotatable bonds is 4. The molecule has 2 atom stereocenters. The largest absolute Gasteiger partial charge is 0.465 e. The van der Waals surface area contributed by atoms with E-state index >= 15 is 0 Å². The maximum atomic E-state index is 13.3. The topological polar surface area (TPSA) is 85.8 Å². The number of benzene rings is 1. The fourth-order valence-corrected chi connectivity index (χ4v) is 4.30. The van der Waals surface area contributed by atoms with Gasteiger partial charge in [-0.2, -0.15) is 0 Å². The zero-order valence-corrected chi connectivity index (χ0v) is 18.8. The van der Waals surface area contributed by atoms with Crippen molar-refractivity contribution in [1.82, 2.24) is 14.7 Å². The Labute approximate surface area is 185 Å². The highest BCUT2D eigenvalue weighted by atomic mass is 35.5. The van der Waals surface area contributed by atoms with Crippen molar-refractivity contribution < 1.29 is 19.1 Å². The Morgan fingerprint density at radius 3 is 2.55 bits per heavy atom. The van der Waals surface area contributed by atoms with Crippen LogP contribution in [-0.4, -0.2) is 71.0 Å². The first kappa shape index (κ1) is 21.2. The lowest BCUT2D eigenvalue weighted by Crippen LogP contribution is -2.65. The van der Waals surface area contributed by atoms with E-state index in [1.54, 1.807) is 14.0 Å². The van der Waals surface area contributed by atoms with Gasteiger partial charge in [0.25, 0.3) is 5.91 Å². The number of anilines is 1. The van der Waals surface area contributed by atoms with Crippen molar-refractivity contribution in [2.24, 2.45) is 4.99 Å². The summed E-state index contributed by atoms with van der Waals surface area (Å²) in [5, 5.41) is 0.626. The van der Waals surface area contributed by atoms with Gasteiger partial charge in [-0.3, -0.25) is 24.3 Å². The molecular formula is C21H24ClN5O4. The van der Waals surface area contributed by atoms with E-state index in [1.165, 1.54) is 4.90 Å². The second kappa shape index (κ2) is 7.56. The van der Waals surface area contributed by atoms with Crippen molar-refractivity contribution in [2.45, 2.75) is 39.9 Å². The number of carbonyl (C=O) groups excluding carboxylic acids is 3. The quantitative estimate of drug-likeness (QED) is 0.662. The molecule has 3 aliphatic heterocycles. The number of aryl methyl sites for hydroxylation is 1. The number of fused-ring (bicyclic) bond motifs is 3. The van der Waals surface area contributed by atoms with Crippen LogP contribution in [0.3, 0.4) is 0 Å². The van der Waals surface area contributed by atoms with Crippen molar-refractivity contribution >= 4 is 41.2 Å². The molecule has 1 fully saturated rings. The number of nitrogens with zero attached hydrogens (tertiary/aromatic N) is 5. The molecule has 164 valence electrons. The maximum absolute atomic E-state index is 13.3. The van der Waals surface area contributed by atoms with Crippen LogP contribution >= 0.6 is 11.6 Å². The Balaban J connectivity index is 1.72. The highest BCUT2D eigenvalue weighted by molar-refractivity contribution is 6.31. The van der Waals surface area contributed by atoms with Crippen LogP contribution in [0.2, 0.25) is 5.02 Å². The van der Waals surface area contributed by atoms with Gasteiger partial charge in [-0.15, -0.1) is 0 Å². The van der Waals surface area contributed by atoms with Gasteiger partial charge in [-0.25, -0.2) is 9.79 Å². The van der Waals surface area contributed by atoms with Crippen LogP contribution in [0, 0.1) is 6.92 Å². The minimum absolute atomic E-state index is 0.172. The van der Waals surface area contributed by atoms with E-state index < -0.39 is 36.7 Å². The number of carbonyl (C=O) groups is 3. The van der Waals surface area contributed by atoms with E-state index in [-0.39, 0.29) is 6.61 Å². The summed E-state index contributed by atoms with van der Waals surface area (Å²) in [6, 6.07) is 4.38. The van der Waals surface area contributed by atoms with Crippen molar-refractivity contribution in [3.8, 4) is 0 Å². The number of aliphatic imine (C=N–C) groups is 1. The number of likely N-dealkylation sites (N-methyl/N-ethyl adjacent to an activating group) is 1. The first-order chi connectivity index (χ1) is 14.7. The molecule has 3 heterocycles. The van der Waals surface area contributed by atoms with Gasteiger partial charge < -0.3 is 9.64 Å². The van der Waals surface area contributed by atoms with E-state index in [4.69, 9.17) is 21.3 Å². The van der Waals surface area contributed by atoms with E-state index in [2.05, 4.69) is 0 Å². The number of halogens is 1. The Morgan fingerprint density at radius 2 is 1.90 bits per heavy atom. The van der Waals surface area contributed by atoms with Crippen molar-refractivity contribution in [3.63, 3.8) is 0 Å². The molecule has 9 nitrogen and oxygen atoms in total. The smallest absolute Gasteiger partial charge is 0.328 e. The molecule has 0 aromatic heterocycles. The molecule has 1 saturated heterocycles. The third-order valence-corrected chi connectivity index (χ3v) is 6.31. The molecule has 3 amide bonds. The SMILES string of the molecule is CCOC(=O)CN1C(=O)C2C(N=C3N(c4ccc(C)c(Cl)c4)C(C)=C(C)N32)N(C)C1=O. The van der Waals surface area contributed by atoms with E-state index in [9.17, 15) is 14.4 Å². The normalized spacial score (nSPS) is 22.8. The standard InChI is InChI=1S/C21H24ClN5O4/c1-6-31-16(28)10-25-19(29)17-18(24(5)21(25)30)23-20-26(12(3)13(4)27(17)20)14-8-7-11(2)15(22)9-14/h7-9,17-18H,6,10H2,1-5H3. The molecule has 3 aliphatic rings. The fraction of sp³-hybridized carbons (Fsp3) is 0.429. The molecule has 1 aromatic rings.